The minimum Gasteiger partial charge on any atom is -0.455 e. The van der Waals surface area contributed by atoms with Crippen LogP contribution in [0.4, 0.5) is 4.39 Å². The summed E-state index contributed by atoms with van der Waals surface area (Å²) in [6, 6.07) is 13.6. The van der Waals surface area contributed by atoms with Gasteiger partial charge in [-0.2, -0.15) is 4.98 Å². The van der Waals surface area contributed by atoms with Gasteiger partial charge in [0.15, 0.2) is 6.61 Å². The summed E-state index contributed by atoms with van der Waals surface area (Å²) in [6.07, 6.45) is -0.00155. The van der Waals surface area contributed by atoms with Gasteiger partial charge < -0.3 is 9.26 Å². The molecule has 29 heavy (non-hydrogen) atoms. The second-order valence-electron chi connectivity index (χ2n) is 6.01. The molecular weight excluding hydrogens is 461 g/mol. The smallest absolute Gasteiger partial charge is 0.312 e. The SMILES string of the molecule is O=C(Cc1csc(-c2cccc(F)c2)n1)OCc1nc(-c2cccc(Br)c2)no1. The van der Waals surface area contributed by atoms with Crippen molar-refractivity contribution in [3.8, 4) is 22.0 Å². The number of benzene rings is 2. The molecule has 0 aliphatic heterocycles. The highest BCUT2D eigenvalue weighted by molar-refractivity contribution is 9.10. The van der Waals surface area contributed by atoms with Gasteiger partial charge in [-0.1, -0.05) is 45.4 Å². The molecule has 4 rings (SSSR count). The molecule has 0 amide bonds. The van der Waals surface area contributed by atoms with Crippen molar-refractivity contribution in [1.29, 1.82) is 0 Å². The molecule has 0 saturated carbocycles. The summed E-state index contributed by atoms with van der Waals surface area (Å²) in [5, 5.41) is 6.29. The lowest BCUT2D eigenvalue weighted by molar-refractivity contribution is -0.144. The summed E-state index contributed by atoms with van der Waals surface area (Å²) < 4.78 is 24.6. The third-order valence-corrected chi connectivity index (χ3v) is 5.29. The highest BCUT2D eigenvalue weighted by Gasteiger charge is 2.14. The van der Waals surface area contributed by atoms with E-state index in [0.29, 0.717) is 22.1 Å². The molecule has 0 aliphatic rings. The van der Waals surface area contributed by atoms with Gasteiger partial charge in [-0.15, -0.1) is 11.3 Å². The number of halogens is 2. The number of hydrogen-bond acceptors (Lipinski definition) is 7. The Kier molecular flexibility index (Phi) is 5.77. The lowest BCUT2D eigenvalue weighted by Gasteiger charge is -2.00. The van der Waals surface area contributed by atoms with Crippen LogP contribution < -0.4 is 0 Å². The van der Waals surface area contributed by atoms with Crippen LogP contribution in [-0.2, 0) is 22.6 Å². The van der Waals surface area contributed by atoms with Gasteiger partial charge in [0, 0.05) is 21.0 Å². The predicted octanol–water partition coefficient (Wildman–Crippen LogP) is 5.05. The van der Waals surface area contributed by atoms with Crippen LogP contribution in [0.1, 0.15) is 11.6 Å². The van der Waals surface area contributed by atoms with E-state index in [1.54, 1.807) is 17.5 Å². The van der Waals surface area contributed by atoms with E-state index >= 15 is 0 Å². The predicted molar refractivity (Wildman–Crippen MR) is 108 cm³/mol. The number of hydrogen-bond donors (Lipinski definition) is 0. The molecule has 0 atom stereocenters. The number of ether oxygens (including phenoxy) is 1. The van der Waals surface area contributed by atoms with Gasteiger partial charge in [0.2, 0.25) is 5.82 Å². The summed E-state index contributed by atoms with van der Waals surface area (Å²) in [6.45, 7) is -0.124. The average molecular weight is 474 g/mol. The summed E-state index contributed by atoms with van der Waals surface area (Å²) in [5.41, 5.74) is 2.01. The van der Waals surface area contributed by atoms with E-state index in [4.69, 9.17) is 9.26 Å². The Hall–Kier alpha value is -2.91. The van der Waals surface area contributed by atoms with E-state index < -0.39 is 5.97 Å². The molecule has 9 heteroatoms. The molecule has 2 aromatic heterocycles. The van der Waals surface area contributed by atoms with Crippen molar-refractivity contribution in [3.05, 3.63) is 75.8 Å². The molecule has 2 aromatic carbocycles. The zero-order valence-corrected chi connectivity index (χ0v) is 17.2. The first-order chi connectivity index (χ1) is 14.1. The second-order valence-corrected chi connectivity index (χ2v) is 7.79. The first-order valence-electron chi connectivity index (χ1n) is 8.51. The number of carbonyl (C=O) groups is 1. The first kappa shape index (κ1) is 19.4. The molecule has 0 spiro atoms. The summed E-state index contributed by atoms with van der Waals surface area (Å²) >= 11 is 4.73. The molecule has 6 nitrogen and oxygen atoms in total. The van der Waals surface area contributed by atoms with E-state index in [2.05, 4.69) is 31.1 Å². The van der Waals surface area contributed by atoms with Gasteiger partial charge in [0.25, 0.3) is 5.89 Å². The van der Waals surface area contributed by atoms with Crippen LogP contribution >= 0.6 is 27.3 Å². The number of rotatable bonds is 6. The van der Waals surface area contributed by atoms with Crippen molar-refractivity contribution in [3.63, 3.8) is 0 Å². The van der Waals surface area contributed by atoms with Crippen LogP contribution in [0.3, 0.4) is 0 Å². The molecule has 0 saturated heterocycles. The van der Waals surface area contributed by atoms with Crippen LogP contribution in [-0.4, -0.2) is 21.1 Å². The van der Waals surface area contributed by atoms with Crippen molar-refractivity contribution < 1.29 is 18.4 Å². The topological polar surface area (TPSA) is 78.1 Å². The molecule has 2 heterocycles. The maximum atomic E-state index is 13.3. The van der Waals surface area contributed by atoms with Crippen molar-refractivity contribution in [2.24, 2.45) is 0 Å². The zero-order chi connectivity index (χ0) is 20.2. The minimum atomic E-state index is -0.469. The molecule has 4 aromatic rings. The standard InChI is InChI=1S/C20H13BrFN3O3S/c21-14-5-1-3-12(7-14)19-24-17(28-25-19)10-27-18(26)9-16-11-29-20(23-16)13-4-2-6-15(22)8-13/h1-8,11H,9-10H2. The van der Waals surface area contributed by atoms with Crippen molar-refractivity contribution in [2.75, 3.05) is 0 Å². The number of esters is 1. The van der Waals surface area contributed by atoms with Gasteiger partial charge in [-0.05, 0) is 24.3 Å². The maximum absolute atomic E-state index is 13.3. The van der Waals surface area contributed by atoms with Gasteiger partial charge in [-0.3, -0.25) is 4.79 Å². The first-order valence-corrected chi connectivity index (χ1v) is 10.2. The van der Waals surface area contributed by atoms with Crippen molar-refractivity contribution in [2.45, 2.75) is 13.0 Å². The second kappa shape index (κ2) is 8.62. The Morgan fingerprint density at radius 3 is 2.79 bits per heavy atom. The van der Waals surface area contributed by atoms with Gasteiger partial charge >= 0.3 is 5.97 Å². The summed E-state index contributed by atoms with van der Waals surface area (Å²) in [5.74, 6) is -0.188. The normalized spacial score (nSPS) is 10.8. The Morgan fingerprint density at radius 1 is 1.14 bits per heavy atom. The molecule has 0 unspecified atom stereocenters. The summed E-state index contributed by atoms with van der Waals surface area (Å²) in [7, 11) is 0. The van der Waals surface area contributed by atoms with Gasteiger partial charge in [0.1, 0.15) is 10.8 Å². The van der Waals surface area contributed by atoms with Gasteiger partial charge in [-0.25, -0.2) is 9.37 Å². The van der Waals surface area contributed by atoms with Crippen LogP contribution in [0.15, 0.2) is 62.9 Å². The van der Waals surface area contributed by atoms with E-state index in [-0.39, 0.29) is 24.7 Å². The minimum absolute atomic E-state index is 0.00155. The average Bonchev–Trinajstić information content (AvgIpc) is 3.36. The Labute approximate surface area is 177 Å². The van der Waals surface area contributed by atoms with Crippen LogP contribution in [0.5, 0.6) is 0 Å². The largest absolute Gasteiger partial charge is 0.455 e. The fraction of sp³-hybridized carbons (Fsp3) is 0.100. The maximum Gasteiger partial charge on any atom is 0.312 e. The highest BCUT2D eigenvalue weighted by Crippen LogP contribution is 2.25. The van der Waals surface area contributed by atoms with E-state index in [0.717, 1.165) is 10.0 Å². The van der Waals surface area contributed by atoms with Crippen molar-refractivity contribution >= 4 is 33.2 Å². The molecule has 0 aliphatic carbocycles. The van der Waals surface area contributed by atoms with E-state index in [1.165, 1.54) is 23.5 Å². The lowest BCUT2D eigenvalue weighted by Crippen LogP contribution is -2.08. The number of carbonyl (C=O) groups excluding carboxylic acids is 1. The third-order valence-electron chi connectivity index (χ3n) is 3.86. The monoisotopic (exact) mass is 473 g/mol. The third kappa shape index (κ3) is 4.93. The number of nitrogens with zero attached hydrogens (tertiary/aromatic N) is 3. The molecule has 0 N–H and O–H groups in total. The quantitative estimate of drug-likeness (QED) is 0.364. The molecule has 0 radical (unpaired) electrons. The Balaban J connectivity index is 1.34. The lowest BCUT2D eigenvalue weighted by atomic mass is 10.2. The molecule has 146 valence electrons. The summed E-state index contributed by atoms with van der Waals surface area (Å²) in [4.78, 5) is 20.7. The number of aromatic nitrogens is 3. The molecular formula is C20H13BrFN3O3S. The van der Waals surface area contributed by atoms with Crippen LogP contribution in [0.25, 0.3) is 22.0 Å². The van der Waals surface area contributed by atoms with Gasteiger partial charge in [0.05, 0.1) is 12.1 Å². The van der Waals surface area contributed by atoms with Crippen LogP contribution in [0, 0.1) is 5.82 Å². The van der Waals surface area contributed by atoms with Crippen molar-refractivity contribution in [1.82, 2.24) is 15.1 Å². The molecule has 0 bridgehead atoms. The van der Waals surface area contributed by atoms with Crippen LogP contribution in [0.2, 0.25) is 0 Å². The Bertz CT molecular complexity index is 1160. The fourth-order valence-corrected chi connectivity index (χ4v) is 3.76. The van der Waals surface area contributed by atoms with E-state index in [9.17, 15) is 9.18 Å². The Morgan fingerprint density at radius 2 is 1.97 bits per heavy atom. The number of thiazole rings is 1. The highest BCUT2D eigenvalue weighted by atomic mass is 79.9. The fourth-order valence-electron chi connectivity index (χ4n) is 2.54. The van der Waals surface area contributed by atoms with E-state index in [1.807, 2.05) is 24.3 Å². The molecule has 0 fully saturated rings. The zero-order valence-electron chi connectivity index (χ0n) is 14.8.